The van der Waals surface area contributed by atoms with Crippen molar-refractivity contribution in [1.29, 1.82) is 0 Å². The number of nitrogens with zero attached hydrogens (tertiary/aromatic N) is 1. The molecule has 2 atom stereocenters. The number of alkyl halides is 3. The highest BCUT2D eigenvalue weighted by molar-refractivity contribution is 5.52. The molecule has 1 fully saturated rings. The lowest BCUT2D eigenvalue weighted by molar-refractivity contribution is -0.138. The van der Waals surface area contributed by atoms with E-state index in [4.69, 9.17) is 9.84 Å². The van der Waals surface area contributed by atoms with Crippen molar-refractivity contribution in [2.24, 2.45) is 0 Å². The first-order chi connectivity index (χ1) is 9.34. The molecule has 6 heteroatoms. The monoisotopic (exact) mass is 289 g/mol. The van der Waals surface area contributed by atoms with E-state index in [-0.39, 0.29) is 17.7 Å². The molecule has 0 aliphatic carbocycles. The Hall–Kier alpha value is -1.27. The maximum absolute atomic E-state index is 13.0. The lowest BCUT2D eigenvalue weighted by Gasteiger charge is -2.29. The number of halogens is 3. The summed E-state index contributed by atoms with van der Waals surface area (Å²) in [5.74, 6) is 0. The van der Waals surface area contributed by atoms with Gasteiger partial charge in [0.1, 0.15) is 0 Å². The van der Waals surface area contributed by atoms with E-state index in [0.717, 1.165) is 12.5 Å². The smallest absolute Gasteiger partial charge is 0.392 e. The first kappa shape index (κ1) is 15.1. The number of anilines is 1. The molecule has 0 aromatic heterocycles. The fourth-order valence-corrected chi connectivity index (χ4v) is 2.61. The van der Waals surface area contributed by atoms with E-state index < -0.39 is 18.3 Å². The van der Waals surface area contributed by atoms with Crippen molar-refractivity contribution in [2.45, 2.75) is 38.3 Å². The molecule has 1 saturated heterocycles. The van der Waals surface area contributed by atoms with Crippen molar-refractivity contribution in [2.75, 3.05) is 18.6 Å². The molecule has 3 nitrogen and oxygen atoms in total. The van der Waals surface area contributed by atoms with Gasteiger partial charge in [-0.05, 0) is 31.0 Å². The fraction of sp³-hybridized carbons (Fsp3) is 0.571. The van der Waals surface area contributed by atoms with Gasteiger partial charge in [-0.2, -0.15) is 13.2 Å². The van der Waals surface area contributed by atoms with Gasteiger partial charge in [0.15, 0.2) is 0 Å². The first-order valence-corrected chi connectivity index (χ1v) is 6.50. The summed E-state index contributed by atoms with van der Waals surface area (Å²) in [5.41, 5.74) is -0.404. The van der Waals surface area contributed by atoms with Gasteiger partial charge in [0.2, 0.25) is 0 Å². The van der Waals surface area contributed by atoms with E-state index in [1.165, 1.54) is 6.07 Å². The highest BCUT2D eigenvalue weighted by Gasteiger charge is 2.35. The summed E-state index contributed by atoms with van der Waals surface area (Å²) < 4.78 is 44.4. The number of benzene rings is 1. The van der Waals surface area contributed by atoms with Crippen LogP contribution in [0.4, 0.5) is 18.9 Å². The van der Waals surface area contributed by atoms with Gasteiger partial charge >= 0.3 is 6.18 Å². The molecule has 0 radical (unpaired) electrons. The minimum atomic E-state index is -4.47. The Kier molecular flexibility index (Phi) is 4.25. The Bertz CT molecular complexity index is 476. The fourth-order valence-electron chi connectivity index (χ4n) is 2.61. The van der Waals surface area contributed by atoms with E-state index in [1.807, 2.05) is 11.8 Å². The van der Waals surface area contributed by atoms with Gasteiger partial charge in [-0.1, -0.05) is 6.07 Å². The normalized spacial score (nSPS) is 23.1. The van der Waals surface area contributed by atoms with Crippen molar-refractivity contribution in [3.05, 3.63) is 29.3 Å². The van der Waals surface area contributed by atoms with Crippen molar-refractivity contribution in [1.82, 2.24) is 0 Å². The molecule has 1 N–H and O–H groups in total. The molecule has 0 bridgehead atoms. The van der Waals surface area contributed by atoms with Gasteiger partial charge in [-0.15, -0.1) is 0 Å². The van der Waals surface area contributed by atoms with Gasteiger partial charge in [-0.25, -0.2) is 0 Å². The summed E-state index contributed by atoms with van der Waals surface area (Å²) >= 11 is 0. The zero-order chi connectivity index (χ0) is 14.9. The topological polar surface area (TPSA) is 32.7 Å². The van der Waals surface area contributed by atoms with E-state index in [1.54, 1.807) is 13.1 Å². The minimum Gasteiger partial charge on any atom is -0.392 e. The summed E-state index contributed by atoms with van der Waals surface area (Å²) in [6.07, 6.45) is -3.68. The quantitative estimate of drug-likeness (QED) is 0.928. The predicted octanol–water partition coefficient (Wildman–Crippen LogP) is 2.81. The number of aliphatic hydroxyl groups excluding tert-OH is 1. The van der Waals surface area contributed by atoms with E-state index in [9.17, 15) is 13.2 Å². The largest absolute Gasteiger partial charge is 0.416 e. The van der Waals surface area contributed by atoms with Crippen molar-refractivity contribution in [3.63, 3.8) is 0 Å². The molecular weight excluding hydrogens is 271 g/mol. The summed E-state index contributed by atoms with van der Waals surface area (Å²) in [7, 11) is 1.77. The van der Waals surface area contributed by atoms with Crippen LogP contribution in [0.1, 0.15) is 24.5 Å². The van der Waals surface area contributed by atoms with Gasteiger partial charge in [0.25, 0.3) is 0 Å². The molecule has 1 aliphatic rings. The number of ether oxygens (including phenoxy) is 1. The maximum Gasteiger partial charge on any atom is 0.416 e. The summed E-state index contributed by atoms with van der Waals surface area (Å²) in [5, 5.41) is 9.03. The van der Waals surface area contributed by atoms with Crippen LogP contribution in [0.25, 0.3) is 0 Å². The van der Waals surface area contributed by atoms with Crippen molar-refractivity contribution in [3.8, 4) is 0 Å². The lowest BCUT2D eigenvalue weighted by atomic mass is 10.0. The Morgan fingerprint density at radius 2 is 2.10 bits per heavy atom. The third kappa shape index (κ3) is 2.91. The summed E-state index contributed by atoms with van der Waals surface area (Å²) in [6, 6.07) is 4.09. The van der Waals surface area contributed by atoms with Crippen LogP contribution in [0.15, 0.2) is 18.2 Å². The molecule has 1 aromatic carbocycles. The molecule has 2 rings (SSSR count). The maximum atomic E-state index is 13.0. The van der Waals surface area contributed by atoms with Crippen LogP contribution in [0.5, 0.6) is 0 Å². The zero-order valence-corrected chi connectivity index (χ0v) is 11.4. The van der Waals surface area contributed by atoms with Gasteiger partial charge < -0.3 is 14.7 Å². The second-order valence-electron chi connectivity index (χ2n) is 5.04. The standard InChI is InChI=1S/C14H18F3NO2/c1-9-13(5-6-20-9)18(2)11-4-3-10(8-19)12(7-11)14(15,16)17/h3-4,7,9,13,19H,5-6,8H2,1-2H3. The highest BCUT2D eigenvalue weighted by atomic mass is 19.4. The van der Waals surface area contributed by atoms with Gasteiger partial charge in [-0.3, -0.25) is 0 Å². The molecular formula is C14H18F3NO2. The Labute approximate surface area is 116 Å². The molecule has 1 aromatic rings. The molecule has 1 heterocycles. The molecule has 2 unspecified atom stereocenters. The van der Waals surface area contributed by atoms with Crippen LogP contribution in [-0.4, -0.2) is 30.9 Å². The van der Waals surface area contributed by atoms with Gasteiger partial charge in [0, 0.05) is 19.3 Å². The van der Waals surface area contributed by atoms with Crippen LogP contribution >= 0.6 is 0 Å². The Morgan fingerprint density at radius 1 is 1.40 bits per heavy atom. The molecule has 0 amide bonds. The number of hydrogen-bond donors (Lipinski definition) is 1. The van der Waals surface area contributed by atoms with Crippen LogP contribution in [0.2, 0.25) is 0 Å². The predicted molar refractivity (Wildman–Crippen MR) is 69.6 cm³/mol. The number of aliphatic hydroxyl groups is 1. The highest BCUT2D eigenvalue weighted by Crippen LogP contribution is 2.35. The van der Waals surface area contributed by atoms with Crippen molar-refractivity contribution < 1.29 is 23.0 Å². The molecule has 20 heavy (non-hydrogen) atoms. The summed E-state index contributed by atoms with van der Waals surface area (Å²) in [6.45, 7) is 1.92. The molecule has 0 saturated carbocycles. The van der Waals surface area contributed by atoms with E-state index >= 15 is 0 Å². The third-order valence-electron chi connectivity index (χ3n) is 3.81. The SMILES string of the molecule is CC1OCCC1N(C)c1ccc(CO)c(C(F)(F)F)c1. The average Bonchev–Trinajstić information content (AvgIpc) is 2.82. The Morgan fingerprint density at radius 3 is 2.60 bits per heavy atom. The minimum absolute atomic E-state index is 0.00754. The van der Waals surface area contributed by atoms with E-state index in [0.29, 0.717) is 12.3 Å². The number of likely N-dealkylation sites (N-methyl/N-ethyl adjacent to an activating group) is 1. The summed E-state index contributed by atoms with van der Waals surface area (Å²) in [4.78, 5) is 1.81. The number of rotatable bonds is 3. The van der Waals surface area contributed by atoms with Crippen LogP contribution < -0.4 is 4.90 Å². The third-order valence-corrected chi connectivity index (χ3v) is 3.81. The Balaban J connectivity index is 2.33. The number of hydrogen-bond acceptors (Lipinski definition) is 3. The van der Waals surface area contributed by atoms with Gasteiger partial charge in [0.05, 0.1) is 24.3 Å². The zero-order valence-electron chi connectivity index (χ0n) is 11.4. The van der Waals surface area contributed by atoms with Crippen LogP contribution in [-0.2, 0) is 17.5 Å². The first-order valence-electron chi connectivity index (χ1n) is 6.50. The van der Waals surface area contributed by atoms with Crippen LogP contribution in [0.3, 0.4) is 0 Å². The second kappa shape index (κ2) is 5.61. The molecule has 1 aliphatic heterocycles. The molecule has 0 spiro atoms. The second-order valence-corrected chi connectivity index (χ2v) is 5.04. The lowest BCUT2D eigenvalue weighted by Crippen LogP contribution is -2.36. The average molecular weight is 289 g/mol. The van der Waals surface area contributed by atoms with Crippen LogP contribution in [0, 0.1) is 0 Å². The van der Waals surface area contributed by atoms with E-state index in [2.05, 4.69) is 0 Å². The van der Waals surface area contributed by atoms with Crippen molar-refractivity contribution >= 4 is 5.69 Å². The molecule has 112 valence electrons.